The Kier molecular flexibility index (Phi) is 3.67. The third-order valence-corrected chi connectivity index (χ3v) is 4.44. The van der Waals surface area contributed by atoms with Crippen molar-refractivity contribution in [3.8, 4) is 0 Å². The molecule has 1 amide bonds. The van der Waals surface area contributed by atoms with E-state index in [1.165, 1.54) is 19.3 Å². The van der Waals surface area contributed by atoms with E-state index in [0.29, 0.717) is 0 Å². The van der Waals surface area contributed by atoms with Gasteiger partial charge in [-0.1, -0.05) is 35.3 Å². The van der Waals surface area contributed by atoms with Gasteiger partial charge in [0.15, 0.2) is 0 Å². The lowest BCUT2D eigenvalue weighted by molar-refractivity contribution is 0.100. The highest BCUT2D eigenvalue weighted by molar-refractivity contribution is 7.87. The summed E-state index contributed by atoms with van der Waals surface area (Å²) < 4.78 is 4.30. The van der Waals surface area contributed by atoms with Crippen LogP contribution in [0.2, 0.25) is 0 Å². The summed E-state index contributed by atoms with van der Waals surface area (Å²) in [5.41, 5.74) is 0.718. The van der Waals surface area contributed by atoms with Gasteiger partial charge >= 0.3 is 0 Å². The highest BCUT2D eigenvalue weighted by atomic mass is 32.2. The van der Waals surface area contributed by atoms with Gasteiger partial charge in [0, 0.05) is 17.1 Å². The van der Waals surface area contributed by atoms with E-state index < -0.39 is 0 Å². The van der Waals surface area contributed by atoms with Crippen molar-refractivity contribution in [3.05, 3.63) is 35.9 Å². The van der Waals surface area contributed by atoms with Gasteiger partial charge in [-0.25, -0.2) is 0 Å². The van der Waals surface area contributed by atoms with Crippen LogP contribution in [0.25, 0.3) is 0 Å². The van der Waals surface area contributed by atoms with Crippen LogP contribution >= 0.6 is 0 Å². The standard InChI is InChI=1S/C12H15NOS/c14-12(11-7-3-1-4-8-11)13-15-9-5-2-6-10-15/h1,3-4,7-8H,2,5-6,9-10H2. The number of rotatable bonds is 1. The molecule has 1 heterocycles. The van der Waals surface area contributed by atoms with Crippen LogP contribution in [0.5, 0.6) is 0 Å². The minimum atomic E-state index is -0.0409. The van der Waals surface area contributed by atoms with Crippen LogP contribution in [0.1, 0.15) is 29.6 Å². The second kappa shape index (κ2) is 5.21. The zero-order chi connectivity index (χ0) is 10.5. The second-order valence-electron chi connectivity index (χ2n) is 3.69. The van der Waals surface area contributed by atoms with E-state index in [4.69, 9.17) is 0 Å². The van der Waals surface area contributed by atoms with Crippen molar-refractivity contribution in [2.75, 3.05) is 11.5 Å². The number of carbonyl (C=O) groups excluding carboxylic acids is 1. The second-order valence-corrected chi connectivity index (χ2v) is 5.62. The molecule has 80 valence electrons. The van der Waals surface area contributed by atoms with E-state index in [1.54, 1.807) is 0 Å². The predicted octanol–water partition coefficient (Wildman–Crippen LogP) is 2.81. The maximum absolute atomic E-state index is 11.8. The van der Waals surface area contributed by atoms with Gasteiger partial charge in [-0.3, -0.25) is 4.79 Å². The van der Waals surface area contributed by atoms with Crippen LogP contribution in [0, 0.1) is 0 Å². The Morgan fingerprint density at radius 3 is 2.40 bits per heavy atom. The average molecular weight is 221 g/mol. The molecule has 1 fully saturated rings. The minimum Gasteiger partial charge on any atom is -0.266 e. The average Bonchev–Trinajstić information content (AvgIpc) is 2.31. The quantitative estimate of drug-likeness (QED) is 0.717. The van der Waals surface area contributed by atoms with Crippen LogP contribution in [0.3, 0.4) is 0 Å². The number of carbonyl (C=O) groups is 1. The summed E-state index contributed by atoms with van der Waals surface area (Å²) in [7, 11) is 0.000223. The van der Waals surface area contributed by atoms with Crippen molar-refractivity contribution < 1.29 is 4.79 Å². The molecule has 1 aliphatic rings. The molecule has 2 rings (SSSR count). The summed E-state index contributed by atoms with van der Waals surface area (Å²) in [6, 6.07) is 9.34. The maximum Gasteiger partial charge on any atom is 0.282 e. The van der Waals surface area contributed by atoms with E-state index in [0.717, 1.165) is 17.1 Å². The monoisotopic (exact) mass is 221 g/mol. The Labute approximate surface area is 92.8 Å². The molecular formula is C12H15NOS. The van der Waals surface area contributed by atoms with Crippen LogP contribution in [0.4, 0.5) is 0 Å². The summed E-state index contributed by atoms with van der Waals surface area (Å²) in [6.07, 6.45) is 3.77. The fourth-order valence-electron chi connectivity index (χ4n) is 1.66. The molecule has 1 aromatic carbocycles. The smallest absolute Gasteiger partial charge is 0.266 e. The number of hydrogen-bond donors (Lipinski definition) is 0. The molecule has 3 heteroatoms. The predicted molar refractivity (Wildman–Crippen MR) is 64.2 cm³/mol. The van der Waals surface area contributed by atoms with Crippen molar-refractivity contribution in [3.63, 3.8) is 0 Å². The van der Waals surface area contributed by atoms with Gasteiger partial charge < -0.3 is 0 Å². The van der Waals surface area contributed by atoms with Crippen LogP contribution in [-0.4, -0.2) is 17.4 Å². The third kappa shape index (κ3) is 2.99. The molecule has 0 saturated carbocycles. The molecule has 0 spiro atoms. The SMILES string of the molecule is O=C(N=S1CCCCC1)c1ccccc1. The molecule has 1 aliphatic heterocycles. The van der Waals surface area contributed by atoms with Crippen LogP contribution < -0.4 is 0 Å². The molecule has 1 saturated heterocycles. The molecule has 15 heavy (non-hydrogen) atoms. The zero-order valence-electron chi connectivity index (χ0n) is 8.69. The van der Waals surface area contributed by atoms with Crippen molar-refractivity contribution in [2.24, 2.45) is 4.36 Å². The molecule has 0 unspecified atom stereocenters. The topological polar surface area (TPSA) is 29.4 Å². The first-order chi connectivity index (χ1) is 7.36. The zero-order valence-corrected chi connectivity index (χ0v) is 9.50. The molecule has 0 radical (unpaired) electrons. The van der Waals surface area contributed by atoms with E-state index >= 15 is 0 Å². The molecule has 0 bridgehead atoms. The van der Waals surface area contributed by atoms with Crippen LogP contribution in [0.15, 0.2) is 34.7 Å². The number of benzene rings is 1. The highest BCUT2D eigenvalue weighted by Gasteiger charge is 2.08. The Morgan fingerprint density at radius 2 is 1.73 bits per heavy atom. The van der Waals surface area contributed by atoms with E-state index in [1.807, 2.05) is 30.3 Å². The van der Waals surface area contributed by atoms with Crippen LogP contribution in [-0.2, 0) is 10.7 Å². The van der Waals surface area contributed by atoms with E-state index in [-0.39, 0.29) is 16.6 Å². The lowest BCUT2D eigenvalue weighted by atomic mass is 10.2. The van der Waals surface area contributed by atoms with E-state index in [9.17, 15) is 4.79 Å². The summed E-state index contributed by atoms with van der Waals surface area (Å²) >= 11 is 0. The molecule has 2 nitrogen and oxygen atoms in total. The maximum atomic E-state index is 11.8. The van der Waals surface area contributed by atoms with Gasteiger partial charge in [-0.05, 0) is 25.0 Å². The molecular weight excluding hydrogens is 206 g/mol. The van der Waals surface area contributed by atoms with Crippen molar-refractivity contribution in [1.29, 1.82) is 0 Å². The molecule has 1 aromatic rings. The Hall–Kier alpha value is -0.960. The van der Waals surface area contributed by atoms with Crippen molar-refractivity contribution >= 4 is 16.6 Å². The first kappa shape index (κ1) is 10.6. The molecule has 0 aromatic heterocycles. The van der Waals surface area contributed by atoms with E-state index in [2.05, 4.69) is 4.36 Å². The van der Waals surface area contributed by atoms with Gasteiger partial charge in [-0.15, -0.1) is 0 Å². The number of nitrogens with zero attached hydrogens (tertiary/aromatic N) is 1. The summed E-state index contributed by atoms with van der Waals surface area (Å²) in [4.78, 5) is 11.8. The summed E-state index contributed by atoms with van der Waals surface area (Å²) in [5, 5.41) is 0. The number of hydrogen-bond acceptors (Lipinski definition) is 1. The van der Waals surface area contributed by atoms with Gasteiger partial charge in [0.05, 0.1) is 0 Å². The van der Waals surface area contributed by atoms with Gasteiger partial charge in [0.25, 0.3) is 5.91 Å². The Balaban J connectivity index is 2.08. The first-order valence-electron chi connectivity index (χ1n) is 5.35. The van der Waals surface area contributed by atoms with Gasteiger partial charge in [0.2, 0.25) is 0 Å². The third-order valence-electron chi connectivity index (χ3n) is 2.49. The van der Waals surface area contributed by atoms with Gasteiger partial charge in [-0.2, -0.15) is 4.36 Å². The highest BCUT2D eigenvalue weighted by Crippen LogP contribution is 2.11. The molecule has 0 N–H and O–H groups in total. The summed E-state index contributed by atoms with van der Waals surface area (Å²) in [5.74, 6) is 2.18. The first-order valence-corrected chi connectivity index (χ1v) is 6.87. The largest absolute Gasteiger partial charge is 0.282 e. The fraction of sp³-hybridized carbons (Fsp3) is 0.417. The van der Waals surface area contributed by atoms with Crippen molar-refractivity contribution in [2.45, 2.75) is 19.3 Å². The molecule has 0 aliphatic carbocycles. The molecule has 0 atom stereocenters. The fourth-order valence-corrected chi connectivity index (χ4v) is 3.46. The Bertz CT molecular complexity index is 364. The Morgan fingerprint density at radius 1 is 1.07 bits per heavy atom. The van der Waals surface area contributed by atoms with Gasteiger partial charge in [0.1, 0.15) is 0 Å². The van der Waals surface area contributed by atoms with Crippen molar-refractivity contribution in [1.82, 2.24) is 0 Å². The lowest BCUT2D eigenvalue weighted by Gasteiger charge is -2.12. The lowest BCUT2D eigenvalue weighted by Crippen LogP contribution is -2.11. The minimum absolute atomic E-state index is 0.000223. The normalized spacial score (nSPS) is 17.3. The number of amides is 1. The summed E-state index contributed by atoms with van der Waals surface area (Å²) in [6.45, 7) is 0.